The van der Waals surface area contributed by atoms with E-state index in [4.69, 9.17) is 33.0 Å². The third kappa shape index (κ3) is 9.56. The van der Waals surface area contributed by atoms with Crippen molar-refractivity contribution in [3.63, 3.8) is 0 Å². The first-order chi connectivity index (χ1) is 23.4. The van der Waals surface area contributed by atoms with Gasteiger partial charge in [-0.25, -0.2) is 4.18 Å². The minimum Gasteiger partial charge on any atom is -0.462 e. The fraction of sp³-hybridized carbons (Fsp3) is 0.731. The van der Waals surface area contributed by atoms with E-state index >= 15 is 0 Å². The summed E-state index contributed by atoms with van der Waals surface area (Å²) in [5.41, 5.74) is -0.273. The zero-order valence-corrected chi connectivity index (χ0v) is 26.7. The van der Waals surface area contributed by atoms with E-state index in [9.17, 15) is 64.2 Å². The van der Waals surface area contributed by atoms with Crippen LogP contribution in [0.2, 0.25) is 0 Å². The Bertz CT molecular complexity index is 1400. The molecule has 3 saturated heterocycles. The number of carbonyl (C=O) groups is 1. The van der Waals surface area contributed by atoms with E-state index in [-0.39, 0.29) is 11.4 Å². The lowest BCUT2D eigenvalue weighted by Gasteiger charge is -2.48. The maximum absolute atomic E-state index is 12.2. The van der Waals surface area contributed by atoms with Crippen molar-refractivity contribution in [1.29, 1.82) is 0 Å². The quantitative estimate of drug-likeness (QED) is 0.0511. The highest BCUT2D eigenvalue weighted by Gasteiger charge is 2.53. The van der Waals surface area contributed by atoms with E-state index < -0.39 is 133 Å². The zero-order chi connectivity index (χ0) is 37.1. The number of amides is 1. The molecule has 50 heavy (non-hydrogen) atoms. The largest absolute Gasteiger partial charge is 0.462 e. The Kier molecular flexibility index (Phi) is 13.4. The molecule has 1 aromatic rings. The van der Waals surface area contributed by atoms with Crippen LogP contribution in [0.3, 0.4) is 0 Å². The second kappa shape index (κ2) is 16.7. The van der Waals surface area contributed by atoms with Crippen LogP contribution in [-0.4, -0.2) is 177 Å². The third-order valence-electron chi connectivity index (χ3n) is 7.96. The first kappa shape index (κ1) is 40.0. The number of nitro benzene ring substituents is 1. The minimum atomic E-state index is -5.11. The van der Waals surface area contributed by atoms with Gasteiger partial charge in [0.25, 0.3) is 5.69 Å². The number of ether oxygens (including phenoxy) is 6. The molecular formula is C26H38N2O21S. The number of nitrogens with zero attached hydrogens (tertiary/aromatic N) is 1. The van der Waals surface area contributed by atoms with Gasteiger partial charge in [0.1, 0.15) is 78.9 Å². The maximum atomic E-state index is 12.2. The molecule has 0 unspecified atom stereocenters. The smallest absolute Gasteiger partial charge is 0.397 e. The zero-order valence-electron chi connectivity index (χ0n) is 25.9. The first-order valence-corrected chi connectivity index (χ1v) is 16.2. The van der Waals surface area contributed by atoms with Gasteiger partial charge in [0.15, 0.2) is 12.6 Å². The molecule has 24 heteroatoms. The highest BCUT2D eigenvalue weighted by molar-refractivity contribution is 7.80. The molecular weight excluding hydrogens is 708 g/mol. The number of hydrogen-bond donors (Lipinski definition) is 10. The van der Waals surface area contributed by atoms with Crippen molar-refractivity contribution in [3.8, 4) is 5.75 Å². The molecule has 4 rings (SSSR count). The Balaban J connectivity index is 1.57. The minimum absolute atomic E-state index is 0.0342. The lowest BCUT2D eigenvalue weighted by Crippen LogP contribution is -2.68. The summed E-state index contributed by atoms with van der Waals surface area (Å²) in [6, 6.07) is 2.96. The summed E-state index contributed by atoms with van der Waals surface area (Å²) >= 11 is 0. The number of aliphatic hydroxyl groups excluding tert-OH is 8. The summed E-state index contributed by atoms with van der Waals surface area (Å²) in [6.07, 6.45) is -25.2. The summed E-state index contributed by atoms with van der Waals surface area (Å²) in [7, 11) is -5.11. The van der Waals surface area contributed by atoms with Crippen molar-refractivity contribution in [1.82, 2.24) is 5.32 Å². The molecule has 0 saturated carbocycles. The predicted molar refractivity (Wildman–Crippen MR) is 155 cm³/mol. The fourth-order valence-electron chi connectivity index (χ4n) is 5.36. The van der Waals surface area contributed by atoms with E-state index in [1.54, 1.807) is 0 Å². The highest BCUT2D eigenvalue weighted by atomic mass is 32.3. The molecule has 1 amide bonds. The van der Waals surface area contributed by atoms with Crippen molar-refractivity contribution >= 4 is 22.0 Å². The van der Waals surface area contributed by atoms with Gasteiger partial charge in [0.2, 0.25) is 12.2 Å². The van der Waals surface area contributed by atoms with Crippen molar-refractivity contribution in [2.24, 2.45) is 0 Å². The number of rotatable bonds is 13. The number of nitrogens with one attached hydrogen (secondary N) is 1. The van der Waals surface area contributed by atoms with Gasteiger partial charge in [0, 0.05) is 19.1 Å². The summed E-state index contributed by atoms with van der Waals surface area (Å²) in [5.74, 6) is -0.813. The van der Waals surface area contributed by atoms with Crippen molar-refractivity contribution in [3.05, 3.63) is 34.4 Å². The maximum Gasteiger partial charge on any atom is 0.397 e. The number of hydrogen-bond acceptors (Lipinski definition) is 20. The molecule has 0 radical (unpaired) electrons. The fourth-order valence-corrected chi connectivity index (χ4v) is 5.66. The lowest BCUT2D eigenvalue weighted by atomic mass is 9.95. The van der Waals surface area contributed by atoms with Gasteiger partial charge >= 0.3 is 10.4 Å². The molecule has 3 fully saturated rings. The van der Waals surface area contributed by atoms with E-state index in [0.717, 1.165) is 19.1 Å². The predicted octanol–water partition coefficient (Wildman–Crippen LogP) is -5.61. The Morgan fingerprint density at radius 3 is 1.92 bits per heavy atom. The molecule has 284 valence electrons. The van der Waals surface area contributed by atoms with Gasteiger partial charge < -0.3 is 74.6 Å². The van der Waals surface area contributed by atoms with Gasteiger partial charge in [-0.2, -0.15) is 8.42 Å². The van der Waals surface area contributed by atoms with Gasteiger partial charge in [-0.3, -0.25) is 19.5 Å². The molecule has 23 nitrogen and oxygen atoms in total. The van der Waals surface area contributed by atoms with E-state index in [0.29, 0.717) is 0 Å². The van der Waals surface area contributed by atoms with Crippen LogP contribution in [0.1, 0.15) is 6.92 Å². The molecule has 10 N–H and O–H groups in total. The van der Waals surface area contributed by atoms with E-state index in [2.05, 4.69) is 9.50 Å². The third-order valence-corrected chi connectivity index (χ3v) is 8.39. The molecule has 3 aliphatic rings. The van der Waals surface area contributed by atoms with E-state index in [1.165, 1.54) is 12.1 Å². The summed E-state index contributed by atoms with van der Waals surface area (Å²) in [4.78, 5) is 22.5. The molecule has 0 aliphatic carbocycles. The average molecular weight is 747 g/mol. The summed E-state index contributed by atoms with van der Waals surface area (Å²) in [6.45, 7) is -1.65. The van der Waals surface area contributed by atoms with Crippen molar-refractivity contribution < 1.29 is 96.1 Å². The molecule has 0 spiro atoms. The average Bonchev–Trinajstić information content (AvgIpc) is 3.05. The van der Waals surface area contributed by atoms with Crippen LogP contribution >= 0.6 is 0 Å². The van der Waals surface area contributed by atoms with Crippen LogP contribution in [0.5, 0.6) is 5.75 Å². The monoisotopic (exact) mass is 746 g/mol. The topological polar surface area (TPSA) is 353 Å². The van der Waals surface area contributed by atoms with Crippen molar-refractivity contribution in [2.75, 3.05) is 19.8 Å². The second-order valence-electron chi connectivity index (χ2n) is 11.5. The van der Waals surface area contributed by atoms with Crippen LogP contribution in [-0.2, 0) is 43.1 Å². The van der Waals surface area contributed by atoms with Crippen molar-refractivity contribution in [2.45, 2.75) is 99.0 Å². The molecule has 0 bridgehead atoms. The number of non-ortho nitro benzene ring substituents is 1. The number of nitro groups is 1. The van der Waals surface area contributed by atoms with Crippen LogP contribution in [0.4, 0.5) is 5.69 Å². The van der Waals surface area contributed by atoms with Gasteiger partial charge in [-0.15, -0.1) is 0 Å². The standard InChI is InChI=1S/C26H38N2O21S/c1-9(30)27-15-23(49-26-22(37)19(34)16(31)12(6-29)46-26)18(33)14(8-44-50(40,41)42)47-24(15)43-7-13-17(32)20(35)21(36)25(48-13)45-11-4-2-10(3-5-11)28(38)39/h2-5,12-26,29,31-37H,6-8H2,1H3,(H,27,30)(H,40,41,42)/t12-,13-,14-,15-,16+,17-,18-,19+,20+,21+,22-,23-,24-,25+,26+/m1/s1. The van der Waals surface area contributed by atoms with Crippen LogP contribution in [0.25, 0.3) is 0 Å². The van der Waals surface area contributed by atoms with Crippen LogP contribution in [0, 0.1) is 10.1 Å². The Morgan fingerprint density at radius 2 is 1.36 bits per heavy atom. The molecule has 1 aromatic carbocycles. The Hall–Kier alpha value is -2.76. The van der Waals surface area contributed by atoms with Gasteiger partial charge in [-0.05, 0) is 12.1 Å². The van der Waals surface area contributed by atoms with Gasteiger partial charge in [-0.1, -0.05) is 0 Å². The second-order valence-corrected chi connectivity index (χ2v) is 12.6. The van der Waals surface area contributed by atoms with E-state index in [1.807, 2.05) is 0 Å². The Morgan fingerprint density at radius 1 is 0.820 bits per heavy atom. The molecule has 15 atom stereocenters. The lowest BCUT2D eigenvalue weighted by molar-refractivity contribution is -0.384. The molecule has 3 aliphatic heterocycles. The molecule has 0 aromatic heterocycles. The summed E-state index contributed by atoms with van der Waals surface area (Å²) in [5, 5.41) is 96.5. The number of aliphatic hydroxyl groups is 8. The van der Waals surface area contributed by atoms with Crippen LogP contribution < -0.4 is 10.1 Å². The first-order valence-electron chi connectivity index (χ1n) is 14.8. The number of benzene rings is 1. The van der Waals surface area contributed by atoms with Crippen LogP contribution in [0.15, 0.2) is 24.3 Å². The number of carbonyl (C=O) groups excluding carboxylic acids is 1. The van der Waals surface area contributed by atoms with Gasteiger partial charge in [0.05, 0.1) is 24.7 Å². The molecule has 3 heterocycles. The normalized spacial score (nSPS) is 39.4. The summed E-state index contributed by atoms with van der Waals surface area (Å²) < 4.78 is 69.5. The Labute approximate surface area is 282 Å². The highest BCUT2D eigenvalue weighted by Crippen LogP contribution is 2.32. The SMILES string of the molecule is CC(=O)N[C@H]1[C@H](OC[C@H]2O[C@H](Oc3ccc([N+](=O)[O-])cc3)[C@@H](O)[C@@H](O)[C@@H]2O)O[C@H](COS(=O)(=O)O)[C@@H](O)[C@@H]1O[C@@H]1O[C@H](CO)[C@H](O)[C@H](O)[C@H]1O.